The third kappa shape index (κ3) is 4.23. The van der Waals surface area contributed by atoms with Crippen LogP contribution in [0.4, 0.5) is 0 Å². The molecule has 0 fully saturated rings. The second-order valence-electron chi connectivity index (χ2n) is 7.01. The van der Waals surface area contributed by atoms with E-state index in [0.29, 0.717) is 18.0 Å². The third-order valence-corrected chi connectivity index (χ3v) is 5.87. The maximum absolute atomic E-state index is 11.6. The van der Waals surface area contributed by atoms with Crippen molar-refractivity contribution in [3.05, 3.63) is 76.5 Å². The van der Waals surface area contributed by atoms with Gasteiger partial charge in [0.05, 0.1) is 18.4 Å². The highest BCUT2D eigenvalue weighted by Gasteiger charge is 2.15. The van der Waals surface area contributed by atoms with Crippen molar-refractivity contribution in [3.63, 3.8) is 0 Å². The molecule has 2 aromatic carbocycles. The van der Waals surface area contributed by atoms with Crippen molar-refractivity contribution in [2.24, 2.45) is 0 Å². The molecule has 2 aromatic heterocycles. The molecule has 0 atom stereocenters. The quantitative estimate of drug-likeness (QED) is 0.408. The first-order valence-electron chi connectivity index (χ1n) is 9.34. The van der Waals surface area contributed by atoms with Crippen LogP contribution in [0.5, 0.6) is 0 Å². The number of hydrogen-bond acceptors (Lipinski definition) is 6. The summed E-state index contributed by atoms with van der Waals surface area (Å²) in [5, 5.41) is 1.29. The molecule has 0 aliphatic carbocycles. The van der Waals surface area contributed by atoms with E-state index in [2.05, 4.69) is 47.3 Å². The molecular weight excluding hydrogens is 384 g/mol. The molecule has 0 aliphatic heterocycles. The first-order valence-corrected chi connectivity index (χ1v) is 10.2. The van der Waals surface area contributed by atoms with Gasteiger partial charge in [0.15, 0.2) is 0 Å². The minimum Gasteiger partial charge on any atom is -0.465 e. The summed E-state index contributed by atoms with van der Waals surface area (Å²) in [5.74, 6) is 1.01. The van der Waals surface area contributed by atoms with E-state index in [4.69, 9.17) is 9.15 Å². The Bertz CT molecular complexity index is 1110. The van der Waals surface area contributed by atoms with E-state index in [1.54, 1.807) is 12.1 Å². The first kappa shape index (κ1) is 19.4. The molecule has 0 radical (unpaired) electrons. The number of thiophene rings is 1. The van der Waals surface area contributed by atoms with E-state index in [0.717, 1.165) is 23.6 Å². The van der Waals surface area contributed by atoms with E-state index in [1.165, 1.54) is 22.1 Å². The van der Waals surface area contributed by atoms with Gasteiger partial charge in [0.1, 0.15) is 5.76 Å². The van der Waals surface area contributed by atoms with Crippen LogP contribution in [0.1, 0.15) is 26.7 Å². The van der Waals surface area contributed by atoms with Gasteiger partial charge in [0, 0.05) is 28.2 Å². The van der Waals surface area contributed by atoms with Gasteiger partial charge in [0.25, 0.3) is 0 Å². The molecule has 0 bridgehead atoms. The number of aryl methyl sites for hydroxylation is 1. The lowest BCUT2D eigenvalue weighted by Crippen LogP contribution is -2.17. The summed E-state index contributed by atoms with van der Waals surface area (Å²) in [6, 6.07) is 17.8. The lowest BCUT2D eigenvalue weighted by molar-refractivity contribution is 0.0600. The van der Waals surface area contributed by atoms with Crippen LogP contribution in [0.3, 0.4) is 0 Å². The monoisotopic (exact) mass is 406 g/mol. The van der Waals surface area contributed by atoms with Gasteiger partial charge >= 0.3 is 5.97 Å². The number of carbonyl (C=O) groups excluding carboxylic acids is 1. The van der Waals surface area contributed by atoms with Gasteiger partial charge in [-0.2, -0.15) is 0 Å². The van der Waals surface area contributed by atoms with Gasteiger partial charge in [-0.15, -0.1) is 11.3 Å². The van der Waals surface area contributed by atoms with Crippen molar-refractivity contribution in [2.75, 3.05) is 14.2 Å². The van der Waals surface area contributed by atoms with Crippen LogP contribution in [0.2, 0.25) is 0 Å². The summed E-state index contributed by atoms with van der Waals surface area (Å²) in [6.45, 7) is 3.49. The molecule has 0 saturated carbocycles. The number of benzene rings is 2. The Morgan fingerprint density at radius 1 is 1.14 bits per heavy atom. The number of ether oxygens (including phenoxy) is 1. The van der Waals surface area contributed by atoms with Gasteiger partial charge in [-0.1, -0.05) is 18.2 Å². The van der Waals surface area contributed by atoms with Gasteiger partial charge in [0.2, 0.25) is 5.89 Å². The zero-order chi connectivity index (χ0) is 20.4. The first-order chi connectivity index (χ1) is 14.0. The summed E-state index contributed by atoms with van der Waals surface area (Å²) >= 11 is 1.82. The lowest BCUT2D eigenvalue weighted by Gasteiger charge is -2.13. The molecule has 0 amide bonds. The van der Waals surface area contributed by atoms with Crippen molar-refractivity contribution >= 4 is 27.4 Å². The van der Waals surface area contributed by atoms with Crippen molar-refractivity contribution in [1.29, 1.82) is 0 Å². The van der Waals surface area contributed by atoms with Crippen LogP contribution in [-0.2, 0) is 17.8 Å². The number of oxazole rings is 1. The number of carbonyl (C=O) groups is 1. The Kier molecular flexibility index (Phi) is 5.47. The molecule has 2 heterocycles. The number of rotatable bonds is 6. The number of fused-ring (bicyclic) bond motifs is 1. The smallest absolute Gasteiger partial charge is 0.337 e. The van der Waals surface area contributed by atoms with Crippen molar-refractivity contribution < 1.29 is 13.9 Å². The van der Waals surface area contributed by atoms with E-state index in [9.17, 15) is 4.79 Å². The topological polar surface area (TPSA) is 55.6 Å². The summed E-state index contributed by atoms with van der Waals surface area (Å²) in [5.41, 5.74) is 2.25. The normalized spacial score (nSPS) is 11.3. The summed E-state index contributed by atoms with van der Waals surface area (Å²) in [4.78, 5) is 19.8. The van der Waals surface area contributed by atoms with E-state index < -0.39 is 0 Å². The van der Waals surface area contributed by atoms with Crippen LogP contribution >= 0.6 is 11.3 Å². The second-order valence-corrected chi connectivity index (χ2v) is 8.18. The van der Waals surface area contributed by atoms with E-state index in [-0.39, 0.29) is 5.97 Å². The predicted molar refractivity (Wildman–Crippen MR) is 115 cm³/mol. The minimum absolute atomic E-state index is 0.358. The fourth-order valence-electron chi connectivity index (χ4n) is 3.26. The largest absolute Gasteiger partial charge is 0.465 e. The Morgan fingerprint density at radius 3 is 2.62 bits per heavy atom. The molecule has 6 heteroatoms. The zero-order valence-electron chi connectivity index (χ0n) is 16.6. The molecule has 0 N–H and O–H groups in total. The van der Waals surface area contributed by atoms with Crippen LogP contribution < -0.4 is 0 Å². The Balaban J connectivity index is 1.46. The highest BCUT2D eigenvalue weighted by molar-refractivity contribution is 7.19. The average Bonchev–Trinajstić information content (AvgIpc) is 3.30. The maximum atomic E-state index is 11.6. The van der Waals surface area contributed by atoms with Crippen LogP contribution in [0, 0.1) is 6.92 Å². The molecule has 4 aromatic rings. The number of nitrogens with zero attached hydrogens (tertiary/aromatic N) is 2. The molecule has 0 spiro atoms. The molecule has 148 valence electrons. The van der Waals surface area contributed by atoms with Gasteiger partial charge in [-0.05, 0) is 55.8 Å². The SMILES string of the molecule is COC(=O)c1ccc(-c2nc(CN(C)Cc3cc4ccccc4s3)c(C)o2)cc1. The zero-order valence-corrected chi connectivity index (χ0v) is 17.5. The van der Waals surface area contributed by atoms with Crippen LogP contribution in [-0.4, -0.2) is 30.0 Å². The highest BCUT2D eigenvalue weighted by atomic mass is 32.1. The molecule has 5 nitrogen and oxygen atoms in total. The minimum atomic E-state index is -0.358. The molecule has 0 aliphatic rings. The number of hydrogen-bond donors (Lipinski definition) is 0. The standard InChI is InChI=1S/C23H22N2O3S/c1-15-20(14-25(2)13-19-12-18-6-4-5-7-21(18)29-19)24-22(28-15)16-8-10-17(11-9-16)23(26)27-3/h4-12H,13-14H2,1-3H3. The third-order valence-electron chi connectivity index (χ3n) is 4.77. The Morgan fingerprint density at radius 2 is 1.90 bits per heavy atom. The molecule has 0 unspecified atom stereocenters. The van der Waals surface area contributed by atoms with E-state index in [1.807, 2.05) is 30.4 Å². The van der Waals surface area contributed by atoms with Gasteiger partial charge in [-0.3, -0.25) is 4.90 Å². The summed E-state index contributed by atoms with van der Waals surface area (Å²) in [7, 11) is 3.46. The maximum Gasteiger partial charge on any atom is 0.337 e. The highest BCUT2D eigenvalue weighted by Crippen LogP contribution is 2.27. The van der Waals surface area contributed by atoms with E-state index >= 15 is 0 Å². The average molecular weight is 407 g/mol. The fourth-order valence-corrected chi connectivity index (χ4v) is 4.40. The van der Waals surface area contributed by atoms with Crippen LogP contribution in [0.25, 0.3) is 21.5 Å². The molecule has 4 rings (SSSR count). The number of methoxy groups -OCH3 is 1. The Hall–Kier alpha value is -2.96. The predicted octanol–water partition coefficient (Wildman–Crippen LogP) is 5.28. The number of esters is 1. The fraction of sp³-hybridized carbons (Fsp3) is 0.217. The van der Waals surface area contributed by atoms with Crippen molar-refractivity contribution in [1.82, 2.24) is 9.88 Å². The second kappa shape index (κ2) is 8.19. The van der Waals surface area contributed by atoms with Crippen molar-refractivity contribution in [3.8, 4) is 11.5 Å². The van der Waals surface area contributed by atoms with Crippen molar-refractivity contribution in [2.45, 2.75) is 20.0 Å². The Labute approximate surface area is 173 Å². The molecule has 29 heavy (non-hydrogen) atoms. The number of aromatic nitrogens is 1. The van der Waals surface area contributed by atoms with Gasteiger partial charge in [-0.25, -0.2) is 9.78 Å². The molecule has 0 saturated heterocycles. The molecular formula is C23H22N2O3S. The lowest BCUT2D eigenvalue weighted by atomic mass is 10.1. The van der Waals surface area contributed by atoms with Gasteiger partial charge < -0.3 is 9.15 Å². The summed E-state index contributed by atoms with van der Waals surface area (Å²) in [6.07, 6.45) is 0. The van der Waals surface area contributed by atoms with Crippen LogP contribution in [0.15, 0.2) is 59.0 Å². The summed E-state index contributed by atoms with van der Waals surface area (Å²) < 4.78 is 11.9.